The average molecular weight is 450 g/mol. The van der Waals surface area contributed by atoms with Crippen molar-refractivity contribution in [2.45, 2.75) is 11.7 Å². The smallest absolute Gasteiger partial charge is 0.264 e. The lowest BCUT2D eigenvalue weighted by molar-refractivity contribution is -0.118. The first kappa shape index (κ1) is 19.0. The number of nitrogens with zero attached hydrogens (tertiary/aromatic N) is 4. The van der Waals surface area contributed by atoms with Crippen LogP contribution in [0.3, 0.4) is 0 Å². The zero-order valence-electron chi connectivity index (χ0n) is 14.0. The number of aromatic nitrogens is 3. The van der Waals surface area contributed by atoms with E-state index in [1.165, 1.54) is 16.4 Å². The van der Waals surface area contributed by atoms with E-state index in [2.05, 4.69) is 42.0 Å². The van der Waals surface area contributed by atoms with Crippen LogP contribution >= 0.6 is 27.7 Å². The van der Waals surface area contributed by atoms with Crippen molar-refractivity contribution in [3.05, 3.63) is 58.5 Å². The van der Waals surface area contributed by atoms with Crippen molar-refractivity contribution in [2.75, 3.05) is 17.0 Å². The minimum Gasteiger partial charge on any atom is -0.467 e. The molecule has 4 N–H and O–H groups in total. The van der Waals surface area contributed by atoms with Gasteiger partial charge in [0.05, 0.1) is 24.8 Å². The lowest BCUT2D eigenvalue weighted by Gasteiger charge is -2.04. The molecule has 0 unspecified atom stereocenters. The minimum atomic E-state index is -0.165. The van der Waals surface area contributed by atoms with Crippen molar-refractivity contribution in [3.8, 4) is 0 Å². The number of amides is 1. The van der Waals surface area contributed by atoms with Crippen molar-refractivity contribution < 1.29 is 9.21 Å². The van der Waals surface area contributed by atoms with E-state index in [0.29, 0.717) is 17.5 Å². The van der Waals surface area contributed by atoms with Crippen LogP contribution < -0.4 is 16.6 Å². The molecule has 0 saturated carbocycles. The summed E-state index contributed by atoms with van der Waals surface area (Å²) in [5, 5.41) is 15.1. The second-order valence-corrected chi connectivity index (χ2v) is 7.10. The predicted octanol–water partition coefficient (Wildman–Crippen LogP) is 2.20. The third-order valence-electron chi connectivity index (χ3n) is 3.26. The van der Waals surface area contributed by atoms with E-state index >= 15 is 0 Å². The number of anilines is 1. The van der Waals surface area contributed by atoms with E-state index in [1.54, 1.807) is 24.6 Å². The lowest BCUT2D eigenvalue weighted by Crippen LogP contribution is -2.24. The van der Waals surface area contributed by atoms with Gasteiger partial charge in [0.25, 0.3) is 5.95 Å². The molecule has 3 rings (SSSR count). The van der Waals surface area contributed by atoms with E-state index in [9.17, 15) is 4.79 Å². The maximum absolute atomic E-state index is 11.9. The number of nitrogen functional groups attached to an aromatic ring is 1. The first-order valence-electron chi connectivity index (χ1n) is 7.79. The monoisotopic (exact) mass is 449 g/mol. The maximum atomic E-state index is 11.9. The Morgan fingerprint density at radius 1 is 1.37 bits per heavy atom. The quantitative estimate of drug-likeness (QED) is 0.208. The summed E-state index contributed by atoms with van der Waals surface area (Å²) in [4.78, 5) is 11.9. The molecule has 9 nitrogen and oxygen atoms in total. The molecule has 2 heterocycles. The van der Waals surface area contributed by atoms with Gasteiger partial charge in [-0.15, -0.1) is 10.2 Å². The van der Waals surface area contributed by atoms with Gasteiger partial charge in [-0.05, 0) is 29.8 Å². The highest BCUT2D eigenvalue weighted by molar-refractivity contribution is 9.10. The van der Waals surface area contributed by atoms with Crippen LogP contribution in [0.25, 0.3) is 0 Å². The summed E-state index contributed by atoms with van der Waals surface area (Å²) in [6.07, 6.45) is 3.19. The second-order valence-electron chi connectivity index (χ2n) is 5.25. The number of hydrazone groups is 1. The van der Waals surface area contributed by atoms with Gasteiger partial charge in [0.2, 0.25) is 11.1 Å². The summed E-state index contributed by atoms with van der Waals surface area (Å²) in [6, 6.07) is 11.2. The van der Waals surface area contributed by atoms with E-state index in [1.807, 2.05) is 24.3 Å². The van der Waals surface area contributed by atoms with E-state index in [4.69, 9.17) is 10.3 Å². The first-order chi connectivity index (χ1) is 13.1. The Kier molecular flexibility index (Phi) is 6.49. The average Bonchev–Trinajstić information content (AvgIpc) is 3.29. The van der Waals surface area contributed by atoms with Gasteiger partial charge in [0.1, 0.15) is 5.76 Å². The van der Waals surface area contributed by atoms with Crippen molar-refractivity contribution in [1.29, 1.82) is 0 Å². The molecule has 0 aliphatic rings. The predicted molar refractivity (Wildman–Crippen MR) is 107 cm³/mol. The summed E-state index contributed by atoms with van der Waals surface area (Å²) in [6.45, 7) is 0.332. The number of halogens is 1. The van der Waals surface area contributed by atoms with Gasteiger partial charge in [-0.1, -0.05) is 39.8 Å². The Labute approximate surface area is 167 Å². The Bertz CT molecular complexity index is 927. The van der Waals surface area contributed by atoms with Crippen LogP contribution in [0.5, 0.6) is 0 Å². The van der Waals surface area contributed by atoms with Gasteiger partial charge < -0.3 is 15.6 Å². The van der Waals surface area contributed by atoms with Gasteiger partial charge in [-0.3, -0.25) is 4.79 Å². The van der Waals surface area contributed by atoms with Gasteiger partial charge >= 0.3 is 0 Å². The number of rotatable bonds is 8. The normalized spacial score (nSPS) is 11.0. The molecule has 0 aliphatic heterocycles. The second kappa shape index (κ2) is 9.24. The molecule has 27 heavy (non-hydrogen) atoms. The third kappa shape index (κ3) is 5.59. The molecule has 140 valence electrons. The number of nitrogens with one attached hydrogen (secondary N) is 2. The molecule has 1 aromatic carbocycles. The Morgan fingerprint density at radius 3 is 3.04 bits per heavy atom. The number of thioether (sulfide) groups is 1. The van der Waals surface area contributed by atoms with Gasteiger partial charge in [0, 0.05) is 4.47 Å². The van der Waals surface area contributed by atoms with Crippen molar-refractivity contribution in [2.24, 2.45) is 5.10 Å². The summed E-state index contributed by atoms with van der Waals surface area (Å²) < 4.78 is 7.35. The molecule has 2 aromatic heterocycles. The topological polar surface area (TPSA) is 123 Å². The molecule has 1 amide bonds. The molecule has 0 radical (unpaired) electrons. The molecule has 0 atom stereocenters. The van der Waals surface area contributed by atoms with Crippen LogP contribution in [0.15, 0.2) is 61.8 Å². The number of carbonyl (C=O) groups excluding carboxylic acids is 1. The molecule has 11 heteroatoms. The minimum absolute atomic E-state index is 0.150. The molecule has 3 aromatic rings. The third-order valence-corrected chi connectivity index (χ3v) is 4.70. The number of furan rings is 1. The van der Waals surface area contributed by atoms with Gasteiger partial charge in [-0.25, -0.2) is 10.1 Å². The Morgan fingerprint density at radius 2 is 2.26 bits per heavy atom. The zero-order chi connectivity index (χ0) is 19.1. The SMILES string of the molecule is Nn1c(N/N=C/c2cccc(Br)c2)nnc1SCC(=O)NCc1ccco1. The van der Waals surface area contributed by atoms with Crippen LogP contribution in [-0.2, 0) is 11.3 Å². The van der Waals surface area contributed by atoms with Crippen LogP contribution in [-0.4, -0.2) is 32.7 Å². The molecule has 0 saturated heterocycles. The van der Waals surface area contributed by atoms with E-state index < -0.39 is 0 Å². The number of nitrogens with two attached hydrogens (primary N) is 1. The summed E-state index contributed by atoms with van der Waals surface area (Å²) in [5.74, 6) is 6.86. The zero-order valence-corrected chi connectivity index (χ0v) is 16.4. The summed E-state index contributed by atoms with van der Waals surface area (Å²) in [7, 11) is 0. The molecule has 0 fully saturated rings. The first-order valence-corrected chi connectivity index (χ1v) is 9.56. The standard InChI is InChI=1S/C16H16BrN7O2S/c17-12-4-1-3-11(7-12)8-20-21-15-22-23-16(24(15)18)27-10-14(25)19-9-13-5-2-6-26-13/h1-8H,9-10,18H2,(H,19,25)(H,21,22)/b20-8+. The number of hydrogen-bond acceptors (Lipinski definition) is 8. The number of benzene rings is 1. The highest BCUT2D eigenvalue weighted by Gasteiger charge is 2.12. The van der Waals surface area contributed by atoms with Crippen molar-refractivity contribution in [1.82, 2.24) is 20.2 Å². The largest absolute Gasteiger partial charge is 0.467 e. The van der Waals surface area contributed by atoms with Crippen molar-refractivity contribution >= 4 is 45.8 Å². The number of hydrogen-bond donors (Lipinski definition) is 3. The van der Waals surface area contributed by atoms with Crippen molar-refractivity contribution in [3.63, 3.8) is 0 Å². The fraction of sp³-hybridized carbons (Fsp3) is 0.125. The van der Waals surface area contributed by atoms with Crippen LogP contribution in [0, 0.1) is 0 Å². The number of carbonyl (C=O) groups is 1. The Hall–Kier alpha value is -2.79. The fourth-order valence-corrected chi connectivity index (χ4v) is 3.09. The molecular weight excluding hydrogens is 434 g/mol. The van der Waals surface area contributed by atoms with Crippen LogP contribution in [0.4, 0.5) is 5.95 Å². The highest BCUT2D eigenvalue weighted by Crippen LogP contribution is 2.16. The highest BCUT2D eigenvalue weighted by atomic mass is 79.9. The molecule has 0 bridgehead atoms. The Balaban J connectivity index is 1.48. The summed E-state index contributed by atoms with van der Waals surface area (Å²) >= 11 is 4.56. The molecule has 0 aliphatic carbocycles. The van der Waals surface area contributed by atoms with Gasteiger partial charge in [0.15, 0.2) is 0 Å². The van der Waals surface area contributed by atoms with Gasteiger partial charge in [-0.2, -0.15) is 5.10 Å². The van der Waals surface area contributed by atoms with Crippen LogP contribution in [0.2, 0.25) is 0 Å². The molecule has 0 spiro atoms. The van der Waals surface area contributed by atoms with Crippen LogP contribution in [0.1, 0.15) is 11.3 Å². The summed E-state index contributed by atoms with van der Waals surface area (Å²) in [5.41, 5.74) is 3.63. The van der Waals surface area contributed by atoms with E-state index in [-0.39, 0.29) is 17.6 Å². The molecular formula is C16H16BrN7O2S. The fourth-order valence-electron chi connectivity index (χ4n) is 1.98. The van der Waals surface area contributed by atoms with E-state index in [0.717, 1.165) is 10.0 Å². The maximum Gasteiger partial charge on any atom is 0.264 e. The lowest BCUT2D eigenvalue weighted by atomic mass is 10.2.